The monoisotopic (exact) mass is 283 g/mol. The number of halogens is 3. The van der Waals surface area contributed by atoms with E-state index in [1.807, 2.05) is 0 Å². The molecule has 0 spiro atoms. The molecule has 3 N–H and O–H groups in total. The van der Waals surface area contributed by atoms with Gasteiger partial charge in [-0.25, -0.2) is 14.6 Å². The quantitative estimate of drug-likeness (QED) is 0.724. The predicted octanol–water partition coefficient (Wildman–Crippen LogP) is 1.09. The fourth-order valence-corrected chi connectivity index (χ4v) is 1.65. The second kappa shape index (κ2) is 5.64. The van der Waals surface area contributed by atoms with Gasteiger partial charge in [0.25, 0.3) is 0 Å². The van der Waals surface area contributed by atoms with Crippen molar-refractivity contribution in [2.45, 2.75) is 37.9 Å². The lowest BCUT2D eigenvalue weighted by Gasteiger charge is -2.31. The average Bonchev–Trinajstić information content (AvgIpc) is 2.28. The van der Waals surface area contributed by atoms with Gasteiger partial charge in [0, 0.05) is 13.1 Å². The number of hydrogen-bond acceptors (Lipinski definition) is 3. The minimum absolute atomic E-state index is 0.408. The van der Waals surface area contributed by atoms with Crippen LogP contribution in [0.15, 0.2) is 0 Å². The summed E-state index contributed by atoms with van der Waals surface area (Å²) in [6.45, 7) is 1.47. The molecular weight excluding hydrogens is 267 g/mol. The standard InChI is InChI=1S/C10H16F3N3O3/c1-9(7(17)18,10(11,12)13)14-8(19)15-16-5-3-2-4-6-16/h2-6H2,1H3,(H,17,18)(H2,14,15,19). The van der Waals surface area contributed by atoms with Crippen LogP contribution in [-0.2, 0) is 4.79 Å². The van der Waals surface area contributed by atoms with Crippen molar-refractivity contribution in [3.05, 3.63) is 0 Å². The highest BCUT2D eigenvalue weighted by atomic mass is 19.4. The number of nitrogens with zero attached hydrogens (tertiary/aromatic N) is 1. The number of rotatable bonds is 3. The number of hydrazine groups is 1. The molecule has 0 aromatic heterocycles. The molecule has 1 aliphatic rings. The van der Waals surface area contributed by atoms with Gasteiger partial charge < -0.3 is 10.4 Å². The third-order valence-corrected chi connectivity index (χ3v) is 2.97. The summed E-state index contributed by atoms with van der Waals surface area (Å²) >= 11 is 0. The predicted molar refractivity (Wildman–Crippen MR) is 59.2 cm³/mol. The smallest absolute Gasteiger partial charge is 0.422 e. The molecule has 1 saturated heterocycles. The Labute approximate surface area is 107 Å². The number of carboxylic acid groups (broad SMARTS) is 1. The van der Waals surface area contributed by atoms with Crippen LogP contribution in [0.3, 0.4) is 0 Å². The van der Waals surface area contributed by atoms with Crippen molar-refractivity contribution in [3.8, 4) is 0 Å². The Morgan fingerprint density at radius 1 is 1.16 bits per heavy atom. The Hall–Kier alpha value is -1.51. The lowest BCUT2D eigenvalue weighted by molar-refractivity contribution is -0.203. The normalized spacial score (nSPS) is 20.4. The first-order valence-corrected chi connectivity index (χ1v) is 5.80. The van der Waals surface area contributed by atoms with Gasteiger partial charge in [0.05, 0.1) is 0 Å². The lowest BCUT2D eigenvalue weighted by atomic mass is 10.0. The molecule has 0 radical (unpaired) electrons. The Balaban J connectivity index is 2.64. The van der Waals surface area contributed by atoms with Crippen molar-refractivity contribution in [2.24, 2.45) is 0 Å². The third-order valence-electron chi connectivity index (χ3n) is 2.97. The summed E-state index contributed by atoms with van der Waals surface area (Å²) in [4.78, 5) is 22.2. The number of hydrogen-bond donors (Lipinski definition) is 3. The number of amides is 2. The molecule has 0 saturated carbocycles. The first-order valence-electron chi connectivity index (χ1n) is 5.80. The number of nitrogens with one attached hydrogen (secondary N) is 2. The second-order valence-electron chi connectivity index (χ2n) is 4.54. The topological polar surface area (TPSA) is 81.7 Å². The van der Waals surface area contributed by atoms with E-state index in [2.05, 4.69) is 5.43 Å². The van der Waals surface area contributed by atoms with Gasteiger partial charge in [-0.2, -0.15) is 13.2 Å². The molecule has 1 atom stereocenters. The molecule has 9 heteroatoms. The summed E-state index contributed by atoms with van der Waals surface area (Å²) < 4.78 is 38.0. The Kier molecular flexibility index (Phi) is 4.61. The van der Waals surface area contributed by atoms with Gasteiger partial charge in [-0.15, -0.1) is 0 Å². The van der Waals surface area contributed by atoms with Crippen LogP contribution < -0.4 is 10.7 Å². The van der Waals surface area contributed by atoms with Crippen molar-refractivity contribution >= 4 is 12.0 Å². The highest BCUT2D eigenvalue weighted by Crippen LogP contribution is 2.30. The van der Waals surface area contributed by atoms with Gasteiger partial charge in [0.2, 0.25) is 5.54 Å². The van der Waals surface area contributed by atoms with Crippen LogP contribution in [0.4, 0.5) is 18.0 Å². The highest BCUT2D eigenvalue weighted by molar-refractivity contribution is 5.86. The van der Waals surface area contributed by atoms with Crippen LogP contribution in [0.25, 0.3) is 0 Å². The van der Waals surface area contributed by atoms with E-state index in [9.17, 15) is 22.8 Å². The maximum Gasteiger partial charge on any atom is 0.422 e. The van der Waals surface area contributed by atoms with E-state index in [0.29, 0.717) is 20.0 Å². The lowest BCUT2D eigenvalue weighted by Crippen LogP contribution is -2.65. The van der Waals surface area contributed by atoms with Crippen molar-refractivity contribution in [2.75, 3.05) is 13.1 Å². The van der Waals surface area contributed by atoms with Crippen molar-refractivity contribution in [3.63, 3.8) is 0 Å². The molecule has 2 amide bonds. The molecular formula is C10H16F3N3O3. The van der Waals surface area contributed by atoms with Gasteiger partial charge in [-0.3, -0.25) is 5.43 Å². The van der Waals surface area contributed by atoms with Gasteiger partial charge in [0.1, 0.15) is 0 Å². The second-order valence-corrected chi connectivity index (χ2v) is 4.54. The fourth-order valence-electron chi connectivity index (χ4n) is 1.65. The largest absolute Gasteiger partial charge is 0.479 e. The molecule has 19 heavy (non-hydrogen) atoms. The van der Waals surface area contributed by atoms with Gasteiger partial charge in [-0.1, -0.05) is 6.42 Å². The minimum atomic E-state index is -5.09. The van der Waals surface area contributed by atoms with E-state index < -0.39 is 23.7 Å². The molecule has 6 nitrogen and oxygen atoms in total. The molecule has 1 aliphatic heterocycles. The van der Waals surface area contributed by atoms with Gasteiger partial charge >= 0.3 is 18.2 Å². The number of urea groups is 1. The maximum absolute atomic E-state index is 12.7. The first-order chi connectivity index (χ1) is 8.67. The molecule has 0 aromatic carbocycles. The summed E-state index contributed by atoms with van der Waals surface area (Å²) in [7, 11) is 0. The van der Waals surface area contributed by atoms with Crippen LogP contribution in [-0.4, -0.2) is 46.9 Å². The summed E-state index contributed by atoms with van der Waals surface area (Å²) in [5, 5.41) is 11.6. The Bertz CT molecular complexity index is 356. The minimum Gasteiger partial charge on any atom is -0.479 e. The van der Waals surface area contributed by atoms with Crippen LogP contribution >= 0.6 is 0 Å². The number of piperidine rings is 1. The van der Waals surface area contributed by atoms with E-state index in [1.165, 1.54) is 10.3 Å². The SMILES string of the molecule is CC(NC(=O)NN1CCCCC1)(C(=O)O)C(F)(F)F. The molecule has 0 bridgehead atoms. The summed E-state index contributed by atoms with van der Waals surface area (Å²) in [5.41, 5.74) is -1.09. The number of carboxylic acids is 1. The molecule has 1 unspecified atom stereocenters. The van der Waals surface area contributed by atoms with E-state index in [0.717, 1.165) is 19.3 Å². The van der Waals surface area contributed by atoms with Crippen LogP contribution in [0.5, 0.6) is 0 Å². The molecule has 0 aliphatic carbocycles. The molecule has 1 rings (SSSR count). The van der Waals surface area contributed by atoms with E-state index in [-0.39, 0.29) is 0 Å². The Morgan fingerprint density at radius 2 is 1.68 bits per heavy atom. The number of carbonyl (C=O) groups excluding carboxylic acids is 1. The molecule has 1 fully saturated rings. The van der Waals surface area contributed by atoms with E-state index in [4.69, 9.17) is 5.11 Å². The molecule has 110 valence electrons. The number of alkyl halides is 3. The van der Waals surface area contributed by atoms with Crippen molar-refractivity contribution < 1.29 is 27.9 Å². The Morgan fingerprint density at radius 3 is 2.11 bits per heavy atom. The molecule has 1 heterocycles. The summed E-state index contributed by atoms with van der Waals surface area (Å²) in [6.07, 6.45) is -2.43. The van der Waals surface area contributed by atoms with Gasteiger partial charge in [-0.05, 0) is 19.8 Å². The van der Waals surface area contributed by atoms with Gasteiger partial charge in [0.15, 0.2) is 0 Å². The van der Waals surface area contributed by atoms with Crippen LogP contribution in [0.2, 0.25) is 0 Å². The van der Waals surface area contributed by atoms with E-state index in [1.54, 1.807) is 0 Å². The fraction of sp³-hybridized carbons (Fsp3) is 0.800. The molecule has 0 aromatic rings. The van der Waals surface area contributed by atoms with Crippen molar-refractivity contribution in [1.29, 1.82) is 0 Å². The zero-order valence-electron chi connectivity index (χ0n) is 10.4. The number of aliphatic carboxylic acids is 1. The van der Waals surface area contributed by atoms with Crippen LogP contribution in [0.1, 0.15) is 26.2 Å². The summed E-state index contributed by atoms with van der Waals surface area (Å²) in [5.74, 6) is -2.16. The average molecular weight is 283 g/mol. The third kappa shape index (κ3) is 3.72. The zero-order chi connectivity index (χ0) is 14.7. The zero-order valence-corrected chi connectivity index (χ0v) is 10.4. The van der Waals surface area contributed by atoms with E-state index >= 15 is 0 Å². The van der Waals surface area contributed by atoms with Crippen LogP contribution in [0, 0.1) is 0 Å². The number of carbonyl (C=O) groups is 2. The highest BCUT2D eigenvalue weighted by Gasteiger charge is 2.58. The summed E-state index contributed by atoms with van der Waals surface area (Å²) in [6, 6.07) is -1.18. The maximum atomic E-state index is 12.7. The van der Waals surface area contributed by atoms with Crippen molar-refractivity contribution in [1.82, 2.24) is 15.8 Å². The first kappa shape index (κ1) is 15.5.